The number of hydrogen-bond acceptors (Lipinski definition) is 2. The zero-order valence-electron chi connectivity index (χ0n) is 12.7. The van der Waals surface area contributed by atoms with Crippen molar-refractivity contribution >= 4 is 5.91 Å². The SMILES string of the molecule is CCC(C)(CN)C(=O)NC(C)c1ccc(C)cc1C. The van der Waals surface area contributed by atoms with Crippen molar-refractivity contribution in [3.05, 3.63) is 34.9 Å². The van der Waals surface area contributed by atoms with Crippen molar-refractivity contribution in [1.82, 2.24) is 5.32 Å². The van der Waals surface area contributed by atoms with E-state index in [1.54, 1.807) is 0 Å². The molecular weight excluding hydrogens is 236 g/mol. The fourth-order valence-corrected chi connectivity index (χ4v) is 2.16. The molecule has 1 aromatic carbocycles. The summed E-state index contributed by atoms with van der Waals surface area (Å²) in [6, 6.07) is 6.30. The summed E-state index contributed by atoms with van der Waals surface area (Å²) in [4.78, 5) is 12.3. The van der Waals surface area contributed by atoms with Gasteiger partial charge >= 0.3 is 0 Å². The van der Waals surface area contributed by atoms with Gasteiger partial charge in [0.05, 0.1) is 11.5 Å². The zero-order valence-corrected chi connectivity index (χ0v) is 12.7. The minimum Gasteiger partial charge on any atom is -0.349 e. The van der Waals surface area contributed by atoms with Gasteiger partial charge in [-0.3, -0.25) is 4.79 Å². The molecule has 19 heavy (non-hydrogen) atoms. The molecule has 1 aromatic rings. The summed E-state index contributed by atoms with van der Waals surface area (Å²) in [5.41, 5.74) is 8.85. The third-order valence-electron chi connectivity index (χ3n) is 4.02. The summed E-state index contributed by atoms with van der Waals surface area (Å²) in [7, 11) is 0. The van der Waals surface area contributed by atoms with Crippen LogP contribution in [-0.2, 0) is 4.79 Å². The monoisotopic (exact) mass is 262 g/mol. The molecule has 0 aromatic heterocycles. The normalized spacial score (nSPS) is 15.7. The van der Waals surface area contributed by atoms with Crippen LogP contribution in [0.15, 0.2) is 18.2 Å². The minimum absolute atomic E-state index is 0.00512. The second kappa shape index (κ2) is 6.20. The quantitative estimate of drug-likeness (QED) is 0.857. The van der Waals surface area contributed by atoms with Gasteiger partial charge in [-0.1, -0.05) is 30.7 Å². The van der Waals surface area contributed by atoms with E-state index in [0.29, 0.717) is 6.54 Å². The molecule has 3 heteroatoms. The topological polar surface area (TPSA) is 55.1 Å². The molecule has 0 heterocycles. The van der Waals surface area contributed by atoms with Gasteiger partial charge in [-0.25, -0.2) is 0 Å². The van der Waals surface area contributed by atoms with Crippen molar-refractivity contribution in [3.63, 3.8) is 0 Å². The predicted molar refractivity (Wildman–Crippen MR) is 79.9 cm³/mol. The minimum atomic E-state index is -0.479. The van der Waals surface area contributed by atoms with E-state index < -0.39 is 5.41 Å². The van der Waals surface area contributed by atoms with Crippen LogP contribution in [0, 0.1) is 19.3 Å². The van der Waals surface area contributed by atoms with Gasteiger partial charge in [-0.15, -0.1) is 0 Å². The van der Waals surface area contributed by atoms with E-state index in [-0.39, 0.29) is 11.9 Å². The molecule has 0 saturated carbocycles. The largest absolute Gasteiger partial charge is 0.349 e. The van der Waals surface area contributed by atoms with Crippen LogP contribution in [0.1, 0.15) is 49.9 Å². The highest BCUT2D eigenvalue weighted by atomic mass is 16.2. The van der Waals surface area contributed by atoms with E-state index in [1.807, 2.05) is 20.8 Å². The average Bonchev–Trinajstić information content (AvgIpc) is 2.37. The number of nitrogens with two attached hydrogens (primary N) is 1. The Morgan fingerprint density at radius 1 is 1.42 bits per heavy atom. The molecule has 0 bridgehead atoms. The number of benzene rings is 1. The number of carbonyl (C=O) groups excluding carboxylic acids is 1. The molecule has 0 aliphatic carbocycles. The van der Waals surface area contributed by atoms with Crippen LogP contribution in [0.3, 0.4) is 0 Å². The highest BCUT2D eigenvalue weighted by molar-refractivity contribution is 5.82. The summed E-state index contributed by atoms with van der Waals surface area (Å²) in [6.07, 6.45) is 0.745. The maximum absolute atomic E-state index is 12.3. The Bertz CT molecular complexity index is 450. The maximum atomic E-state index is 12.3. The first-order valence-corrected chi connectivity index (χ1v) is 6.92. The molecule has 0 spiro atoms. The van der Waals surface area contributed by atoms with Gasteiger partial charge in [-0.05, 0) is 45.2 Å². The Kier molecular flexibility index (Phi) is 5.12. The molecule has 1 amide bonds. The lowest BCUT2D eigenvalue weighted by Gasteiger charge is -2.28. The van der Waals surface area contributed by atoms with Crippen molar-refractivity contribution in [2.75, 3.05) is 6.54 Å². The molecule has 0 saturated heterocycles. The van der Waals surface area contributed by atoms with Crippen molar-refractivity contribution in [2.24, 2.45) is 11.1 Å². The molecule has 2 unspecified atom stereocenters. The van der Waals surface area contributed by atoms with E-state index in [1.165, 1.54) is 11.1 Å². The predicted octanol–water partition coefficient (Wildman–Crippen LogP) is 2.86. The van der Waals surface area contributed by atoms with Crippen molar-refractivity contribution in [1.29, 1.82) is 0 Å². The smallest absolute Gasteiger partial charge is 0.227 e. The van der Waals surface area contributed by atoms with E-state index >= 15 is 0 Å². The lowest BCUT2D eigenvalue weighted by Crippen LogP contribution is -2.44. The van der Waals surface area contributed by atoms with Gasteiger partial charge in [0, 0.05) is 6.54 Å². The highest BCUT2D eigenvalue weighted by Gasteiger charge is 2.30. The van der Waals surface area contributed by atoms with Crippen molar-refractivity contribution in [2.45, 2.75) is 47.1 Å². The number of nitrogens with one attached hydrogen (secondary N) is 1. The zero-order chi connectivity index (χ0) is 14.6. The first-order valence-electron chi connectivity index (χ1n) is 6.92. The van der Waals surface area contributed by atoms with Crippen LogP contribution < -0.4 is 11.1 Å². The summed E-state index contributed by atoms with van der Waals surface area (Å²) in [6.45, 7) is 10.4. The van der Waals surface area contributed by atoms with E-state index in [0.717, 1.165) is 12.0 Å². The number of amides is 1. The van der Waals surface area contributed by atoms with Crippen molar-refractivity contribution in [3.8, 4) is 0 Å². The summed E-state index contributed by atoms with van der Waals surface area (Å²) in [5.74, 6) is 0.0324. The van der Waals surface area contributed by atoms with E-state index in [2.05, 4.69) is 37.4 Å². The van der Waals surface area contributed by atoms with Gasteiger partial charge in [0.15, 0.2) is 0 Å². The summed E-state index contributed by atoms with van der Waals surface area (Å²) < 4.78 is 0. The van der Waals surface area contributed by atoms with Gasteiger partial charge in [0.1, 0.15) is 0 Å². The van der Waals surface area contributed by atoms with E-state index in [4.69, 9.17) is 5.73 Å². The Hall–Kier alpha value is -1.35. The molecule has 0 fully saturated rings. The van der Waals surface area contributed by atoms with E-state index in [9.17, 15) is 4.79 Å². The van der Waals surface area contributed by atoms with Crippen LogP contribution in [0.5, 0.6) is 0 Å². The molecule has 2 atom stereocenters. The van der Waals surface area contributed by atoms with Gasteiger partial charge in [0.25, 0.3) is 0 Å². The summed E-state index contributed by atoms with van der Waals surface area (Å²) >= 11 is 0. The Balaban J connectivity index is 2.85. The van der Waals surface area contributed by atoms with Gasteiger partial charge < -0.3 is 11.1 Å². The Morgan fingerprint density at radius 2 is 2.05 bits per heavy atom. The van der Waals surface area contributed by atoms with Crippen LogP contribution in [0.4, 0.5) is 0 Å². The van der Waals surface area contributed by atoms with Gasteiger partial charge in [0.2, 0.25) is 5.91 Å². The lowest BCUT2D eigenvalue weighted by atomic mass is 9.86. The lowest BCUT2D eigenvalue weighted by molar-refractivity contribution is -0.130. The van der Waals surface area contributed by atoms with Crippen LogP contribution >= 0.6 is 0 Å². The molecule has 0 radical (unpaired) electrons. The van der Waals surface area contributed by atoms with Gasteiger partial charge in [-0.2, -0.15) is 0 Å². The number of aryl methyl sites for hydroxylation is 2. The first kappa shape index (κ1) is 15.7. The van der Waals surface area contributed by atoms with Crippen molar-refractivity contribution < 1.29 is 4.79 Å². The van der Waals surface area contributed by atoms with Crippen LogP contribution in [-0.4, -0.2) is 12.5 Å². The average molecular weight is 262 g/mol. The molecule has 0 aliphatic heterocycles. The molecule has 106 valence electrons. The third-order valence-corrected chi connectivity index (χ3v) is 4.02. The molecule has 3 nitrogen and oxygen atoms in total. The Labute approximate surface area is 116 Å². The maximum Gasteiger partial charge on any atom is 0.227 e. The fourth-order valence-electron chi connectivity index (χ4n) is 2.16. The third kappa shape index (κ3) is 3.57. The second-order valence-electron chi connectivity index (χ2n) is 5.67. The first-order chi connectivity index (χ1) is 8.84. The molecule has 3 N–H and O–H groups in total. The number of rotatable bonds is 5. The summed E-state index contributed by atoms with van der Waals surface area (Å²) in [5, 5.41) is 3.08. The molecule has 1 rings (SSSR count). The highest BCUT2D eigenvalue weighted by Crippen LogP contribution is 2.23. The fraction of sp³-hybridized carbons (Fsp3) is 0.562. The number of hydrogen-bond donors (Lipinski definition) is 2. The van der Waals surface area contributed by atoms with Crippen LogP contribution in [0.25, 0.3) is 0 Å². The number of carbonyl (C=O) groups is 1. The second-order valence-corrected chi connectivity index (χ2v) is 5.67. The standard InChI is InChI=1S/C16H26N2O/c1-6-16(5,10-17)15(19)18-13(4)14-8-7-11(2)9-12(14)3/h7-9,13H,6,10,17H2,1-5H3,(H,18,19). The molecule has 0 aliphatic rings. The van der Waals surface area contributed by atoms with Crippen LogP contribution in [0.2, 0.25) is 0 Å². The molecular formula is C16H26N2O. The Morgan fingerprint density at radius 3 is 2.53 bits per heavy atom.